The molecule has 180 valence electrons. The zero-order chi connectivity index (χ0) is 22.4. The Labute approximate surface area is 203 Å². The topological polar surface area (TPSA) is 50.1 Å². The van der Waals surface area contributed by atoms with E-state index in [2.05, 4.69) is 88.0 Å². The molecule has 6 rings (SSSR count). The quantitative estimate of drug-likeness (QED) is 0.322. The maximum atomic E-state index is 3.62. The Balaban J connectivity index is 0.00000241. The molecule has 0 aliphatic carbocycles. The first-order chi connectivity index (χ1) is 16.1. The van der Waals surface area contributed by atoms with Crippen molar-refractivity contribution in [2.24, 2.45) is 0 Å². The normalized spacial score (nSPS) is 19.0. The second-order valence-electron chi connectivity index (χ2n) is 10.3. The summed E-state index contributed by atoms with van der Waals surface area (Å²) in [4.78, 5) is 11.9. The Kier molecular flexibility index (Phi) is 6.41. The van der Waals surface area contributed by atoms with Crippen LogP contribution in [0, 0.1) is 0 Å². The molecule has 0 spiro atoms. The molecule has 4 heterocycles. The first kappa shape index (κ1) is 23.0. The summed E-state index contributed by atoms with van der Waals surface area (Å²) >= 11 is 0. The van der Waals surface area contributed by atoms with Gasteiger partial charge < -0.3 is 25.1 Å². The first-order valence-corrected chi connectivity index (χ1v) is 12.5. The number of aromatic nitrogens is 2. The van der Waals surface area contributed by atoms with Gasteiger partial charge in [0.25, 0.3) is 0 Å². The second kappa shape index (κ2) is 9.47. The monoisotopic (exact) mass is 457 g/mol. The van der Waals surface area contributed by atoms with Gasteiger partial charge in [0.1, 0.15) is 0 Å². The van der Waals surface area contributed by atoms with E-state index in [0.717, 1.165) is 11.4 Å². The van der Waals surface area contributed by atoms with Gasteiger partial charge in [-0.3, -0.25) is 0 Å². The lowest BCUT2D eigenvalue weighted by Crippen LogP contribution is -2.29. The molecule has 2 saturated heterocycles. The molecule has 4 aromatic rings. The number of hydrogen-bond acceptors (Lipinski definition) is 3. The van der Waals surface area contributed by atoms with Crippen LogP contribution < -0.4 is 5.32 Å². The molecule has 5 nitrogen and oxygen atoms in total. The molecular formula is C29H39N5. The van der Waals surface area contributed by atoms with Crippen molar-refractivity contribution in [3.63, 3.8) is 0 Å². The van der Waals surface area contributed by atoms with Gasteiger partial charge in [0, 0.05) is 45.6 Å². The van der Waals surface area contributed by atoms with Crippen LogP contribution in [-0.2, 0) is 0 Å². The summed E-state index contributed by atoms with van der Waals surface area (Å²) in [5.41, 5.74) is 7.66. The molecule has 2 fully saturated rings. The largest absolute Gasteiger partial charge is 0.361 e. The minimum Gasteiger partial charge on any atom is -0.361 e. The Morgan fingerprint density at radius 3 is 1.50 bits per heavy atom. The summed E-state index contributed by atoms with van der Waals surface area (Å²) in [6, 6.07) is 13.5. The molecule has 0 atom stereocenters. The fraction of sp³-hybridized carbons (Fsp3) is 0.448. The standard InChI is InChI=1S/C28H35N5.CH4/c1-32-11-7-19(8-12-32)25-17-29-27-15-21(3-5-23(25)27)31-22-4-6-24-26(18-30-28(24)16-22)20-9-13-33(2)14-10-20;/h3-6,15-20,29-31H,7-14H2,1-2H3;1H4. The Hall–Kier alpha value is -2.76. The number of aromatic amines is 2. The number of H-pyrrole nitrogens is 2. The highest BCUT2D eigenvalue weighted by atomic mass is 15.1. The van der Waals surface area contributed by atoms with Crippen LogP contribution in [0.4, 0.5) is 11.4 Å². The van der Waals surface area contributed by atoms with Crippen molar-refractivity contribution in [2.75, 3.05) is 45.6 Å². The van der Waals surface area contributed by atoms with E-state index < -0.39 is 0 Å². The summed E-state index contributed by atoms with van der Waals surface area (Å²) in [6.45, 7) is 4.77. The van der Waals surface area contributed by atoms with Crippen molar-refractivity contribution in [1.82, 2.24) is 19.8 Å². The zero-order valence-corrected chi connectivity index (χ0v) is 19.8. The summed E-state index contributed by atoms with van der Waals surface area (Å²) in [7, 11) is 4.45. The van der Waals surface area contributed by atoms with Crippen molar-refractivity contribution in [1.29, 1.82) is 0 Å². The molecule has 0 bridgehead atoms. The third-order valence-electron chi connectivity index (χ3n) is 8.03. The van der Waals surface area contributed by atoms with Gasteiger partial charge in [0.15, 0.2) is 0 Å². The molecule has 2 aromatic carbocycles. The van der Waals surface area contributed by atoms with Gasteiger partial charge in [-0.2, -0.15) is 0 Å². The molecule has 3 N–H and O–H groups in total. The van der Waals surface area contributed by atoms with Crippen LogP contribution in [-0.4, -0.2) is 60.0 Å². The minimum atomic E-state index is 0. The zero-order valence-electron chi connectivity index (χ0n) is 19.8. The molecule has 2 aliphatic heterocycles. The van der Waals surface area contributed by atoms with Gasteiger partial charge in [-0.1, -0.05) is 19.6 Å². The lowest BCUT2D eigenvalue weighted by atomic mass is 9.89. The van der Waals surface area contributed by atoms with Gasteiger partial charge in [0.05, 0.1) is 0 Å². The molecule has 0 saturated carbocycles. The average molecular weight is 458 g/mol. The summed E-state index contributed by atoms with van der Waals surface area (Å²) in [5.74, 6) is 1.34. The predicted octanol–water partition coefficient (Wildman–Crippen LogP) is 6.65. The van der Waals surface area contributed by atoms with E-state index in [1.165, 1.54) is 84.8 Å². The van der Waals surface area contributed by atoms with Crippen LogP contribution in [0.5, 0.6) is 0 Å². The predicted molar refractivity (Wildman–Crippen MR) is 146 cm³/mol. The summed E-state index contributed by atoms with van der Waals surface area (Å²) in [5, 5.41) is 6.37. The average Bonchev–Trinajstić information content (AvgIpc) is 3.44. The molecule has 5 heteroatoms. The number of rotatable bonds is 4. The number of likely N-dealkylation sites (tertiary alicyclic amines) is 2. The van der Waals surface area contributed by atoms with Gasteiger partial charge in [-0.15, -0.1) is 0 Å². The van der Waals surface area contributed by atoms with Gasteiger partial charge in [-0.05, 0) is 113 Å². The van der Waals surface area contributed by atoms with E-state index in [1.807, 2.05) is 0 Å². The number of nitrogens with zero attached hydrogens (tertiary/aromatic N) is 2. The van der Waals surface area contributed by atoms with Crippen LogP contribution in [0.1, 0.15) is 56.1 Å². The summed E-state index contributed by atoms with van der Waals surface area (Å²) in [6.07, 6.45) is 9.47. The van der Waals surface area contributed by atoms with Crippen molar-refractivity contribution < 1.29 is 0 Å². The first-order valence-electron chi connectivity index (χ1n) is 12.5. The van der Waals surface area contributed by atoms with E-state index in [1.54, 1.807) is 0 Å². The van der Waals surface area contributed by atoms with Crippen LogP contribution in [0.25, 0.3) is 21.8 Å². The van der Waals surface area contributed by atoms with Gasteiger partial charge >= 0.3 is 0 Å². The maximum Gasteiger partial charge on any atom is 0.0477 e. The number of nitrogens with one attached hydrogen (secondary N) is 3. The van der Waals surface area contributed by atoms with Crippen molar-refractivity contribution in [2.45, 2.75) is 44.9 Å². The van der Waals surface area contributed by atoms with Crippen LogP contribution in [0.2, 0.25) is 0 Å². The van der Waals surface area contributed by atoms with Gasteiger partial charge in [-0.25, -0.2) is 0 Å². The minimum absolute atomic E-state index is 0. The van der Waals surface area contributed by atoms with Crippen molar-refractivity contribution >= 4 is 33.2 Å². The Bertz CT molecular complexity index is 1150. The highest BCUT2D eigenvalue weighted by molar-refractivity contribution is 5.90. The molecule has 0 radical (unpaired) electrons. The van der Waals surface area contributed by atoms with E-state index in [0.29, 0.717) is 11.8 Å². The van der Waals surface area contributed by atoms with Gasteiger partial charge in [0.2, 0.25) is 0 Å². The molecule has 34 heavy (non-hydrogen) atoms. The molecule has 2 aliphatic rings. The number of piperidine rings is 2. The van der Waals surface area contributed by atoms with E-state index >= 15 is 0 Å². The van der Waals surface area contributed by atoms with E-state index in [9.17, 15) is 0 Å². The third-order valence-corrected chi connectivity index (χ3v) is 8.03. The Morgan fingerprint density at radius 1 is 0.676 bits per heavy atom. The van der Waals surface area contributed by atoms with Crippen LogP contribution >= 0.6 is 0 Å². The SMILES string of the molecule is C.CN1CCC(c2c[nH]c3cc(Nc4ccc5c(C6CCN(C)CC6)c[nH]c5c4)ccc23)CC1. The molecular weight excluding hydrogens is 418 g/mol. The number of anilines is 2. The van der Waals surface area contributed by atoms with Crippen LogP contribution in [0.15, 0.2) is 48.8 Å². The fourth-order valence-corrected chi connectivity index (χ4v) is 5.93. The highest BCUT2D eigenvalue weighted by Gasteiger charge is 2.22. The Morgan fingerprint density at radius 2 is 1.09 bits per heavy atom. The van der Waals surface area contributed by atoms with Crippen molar-refractivity contribution in [3.8, 4) is 0 Å². The second-order valence-corrected chi connectivity index (χ2v) is 10.3. The molecule has 2 aromatic heterocycles. The highest BCUT2D eigenvalue weighted by Crippen LogP contribution is 2.36. The molecule has 0 amide bonds. The molecule has 0 unspecified atom stereocenters. The smallest absolute Gasteiger partial charge is 0.0477 e. The number of benzene rings is 2. The lowest BCUT2D eigenvalue weighted by Gasteiger charge is -2.28. The van der Waals surface area contributed by atoms with E-state index in [4.69, 9.17) is 0 Å². The third kappa shape index (κ3) is 4.35. The fourth-order valence-electron chi connectivity index (χ4n) is 5.93. The van der Waals surface area contributed by atoms with Crippen LogP contribution in [0.3, 0.4) is 0 Å². The van der Waals surface area contributed by atoms with Crippen molar-refractivity contribution in [3.05, 3.63) is 59.9 Å². The maximum absolute atomic E-state index is 3.62. The van der Waals surface area contributed by atoms with E-state index in [-0.39, 0.29) is 7.43 Å². The number of fused-ring (bicyclic) bond motifs is 2. The summed E-state index contributed by atoms with van der Waals surface area (Å²) < 4.78 is 0. The lowest BCUT2D eigenvalue weighted by molar-refractivity contribution is 0.256. The number of hydrogen-bond donors (Lipinski definition) is 3.